The molecule has 146 valence electrons. The lowest BCUT2D eigenvalue weighted by molar-refractivity contribution is -0.147. The fraction of sp³-hybridized carbons (Fsp3) is 0.400. The Hall–Kier alpha value is -3.16. The van der Waals surface area contributed by atoms with Gasteiger partial charge in [0.2, 0.25) is 5.91 Å². The Morgan fingerprint density at radius 1 is 1.25 bits per heavy atom. The average Bonchev–Trinajstić information content (AvgIpc) is 3.31. The van der Waals surface area contributed by atoms with Crippen molar-refractivity contribution in [1.29, 1.82) is 0 Å². The number of hydrogen-bond acceptors (Lipinski definition) is 5. The van der Waals surface area contributed by atoms with E-state index in [1.807, 2.05) is 30.3 Å². The van der Waals surface area contributed by atoms with Gasteiger partial charge in [-0.3, -0.25) is 14.4 Å². The van der Waals surface area contributed by atoms with E-state index in [0.29, 0.717) is 24.4 Å². The average molecular weight is 382 g/mol. The van der Waals surface area contributed by atoms with Gasteiger partial charge in [0.25, 0.3) is 5.91 Å². The van der Waals surface area contributed by atoms with E-state index in [1.54, 1.807) is 11.8 Å². The summed E-state index contributed by atoms with van der Waals surface area (Å²) in [6.07, 6.45) is 1.93. The number of ether oxygens (including phenoxy) is 1. The van der Waals surface area contributed by atoms with Crippen LogP contribution in [-0.4, -0.2) is 63.8 Å². The van der Waals surface area contributed by atoms with Crippen LogP contribution >= 0.6 is 0 Å². The number of carbonyl (C=O) groups excluding carboxylic acids is 3. The molecule has 2 aliphatic heterocycles. The second-order valence-electron chi connectivity index (χ2n) is 7.24. The number of fused-ring (bicyclic) bond motifs is 1. The molecule has 0 radical (unpaired) electrons. The number of rotatable bonds is 3. The summed E-state index contributed by atoms with van der Waals surface area (Å²) in [7, 11) is 1.36. The Kier molecular flexibility index (Phi) is 4.62. The molecule has 3 atom stereocenters. The van der Waals surface area contributed by atoms with Crippen molar-refractivity contribution < 1.29 is 19.1 Å². The van der Waals surface area contributed by atoms with Gasteiger partial charge in [-0.15, -0.1) is 0 Å². The number of aryl methyl sites for hydroxylation is 1. The third kappa shape index (κ3) is 2.94. The molecular weight excluding hydrogens is 360 g/mol. The molecule has 3 heterocycles. The predicted molar refractivity (Wildman–Crippen MR) is 99.2 cm³/mol. The first-order valence-electron chi connectivity index (χ1n) is 9.24. The first-order chi connectivity index (χ1) is 13.5. The van der Waals surface area contributed by atoms with E-state index in [-0.39, 0.29) is 36.4 Å². The lowest BCUT2D eigenvalue weighted by atomic mass is 9.93. The van der Waals surface area contributed by atoms with Crippen molar-refractivity contribution >= 4 is 17.8 Å². The molecule has 8 nitrogen and oxygen atoms in total. The van der Waals surface area contributed by atoms with Crippen LogP contribution in [0.4, 0.5) is 0 Å². The second-order valence-corrected chi connectivity index (χ2v) is 7.24. The first kappa shape index (κ1) is 18.2. The van der Waals surface area contributed by atoms with Gasteiger partial charge in [0.1, 0.15) is 12.2 Å². The van der Waals surface area contributed by atoms with E-state index >= 15 is 0 Å². The molecule has 2 amide bonds. The Morgan fingerprint density at radius 2 is 2.00 bits per heavy atom. The van der Waals surface area contributed by atoms with Gasteiger partial charge < -0.3 is 19.5 Å². The molecule has 2 aliphatic rings. The highest BCUT2D eigenvalue weighted by atomic mass is 16.5. The molecular formula is C20H22N4O4. The van der Waals surface area contributed by atoms with Gasteiger partial charge in [0.15, 0.2) is 0 Å². The lowest BCUT2D eigenvalue weighted by Gasteiger charge is -2.39. The van der Waals surface area contributed by atoms with Crippen LogP contribution in [0.2, 0.25) is 0 Å². The summed E-state index contributed by atoms with van der Waals surface area (Å²) in [5.41, 5.74) is 1.89. The zero-order valence-electron chi connectivity index (χ0n) is 15.8. The summed E-state index contributed by atoms with van der Waals surface area (Å²) in [6.45, 7) is 2.11. The SMILES string of the molecule is COC(=O)[C@H]1C[C@H]2CN(C(=O)c3nc[nH]c3C)CC(=O)N2[C@H]1c1ccccc1. The Labute approximate surface area is 162 Å². The van der Waals surface area contributed by atoms with Gasteiger partial charge in [-0.2, -0.15) is 0 Å². The molecule has 28 heavy (non-hydrogen) atoms. The zero-order chi connectivity index (χ0) is 19.8. The van der Waals surface area contributed by atoms with Crippen molar-refractivity contribution in [2.45, 2.75) is 25.4 Å². The van der Waals surface area contributed by atoms with E-state index in [2.05, 4.69) is 9.97 Å². The highest BCUT2D eigenvalue weighted by molar-refractivity contribution is 5.96. The van der Waals surface area contributed by atoms with E-state index in [1.165, 1.54) is 18.3 Å². The number of amides is 2. The van der Waals surface area contributed by atoms with Crippen molar-refractivity contribution in [1.82, 2.24) is 19.8 Å². The van der Waals surface area contributed by atoms with Gasteiger partial charge in [0, 0.05) is 12.2 Å². The summed E-state index contributed by atoms with van der Waals surface area (Å²) in [5, 5.41) is 0. The number of nitrogens with one attached hydrogen (secondary N) is 1. The standard InChI is InChI=1S/C20H22N4O4/c1-12-17(22-11-21-12)19(26)23-9-14-8-15(20(27)28-2)18(24(14)16(25)10-23)13-6-4-3-5-7-13/h3-7,11,14-15,18H,8-10H2,1-2H3,(H,21,22)/t14-,15-,18-/m0/s1. The minimum Gasteiger partial charge on any atom is -0.469 e. The van der Waals surface area contributed by atoms with E-state index in [0.717, 1.165) is 5.56 Å². The molecule has 2 fully saturated rings. The molecule has 1 aromatic heterocycles. The van der Waals surface area contributed by atoms with E-state index in [4.69, 9.17) is 4.74 Å². The van der Waals surface area contributed by atoms with Gasteiger partial charge in [-0.05, 0) is 18.9 Å². The molecule has 0 spiro atoms. The summed E-state index contributed by atoms with van der Waals surface area (Å²) in [6, 6.07) is 8.90. The number of benzene rings is 1. The minimum atomic E-state index is -0.455. The molecule has 0 aliphatic carbocycles. The fourth-order valence-electron chi connectivity index (χ4n) is 4.34. The van der Waals surface area contributed by atoms with Crippen LogP contribution in [0.25, 0.3) is 0 Å². The summed E-state index contributed by atoms with van der Waals surface area (Å²) < 4.78 is 5.00. The summed E-state index contributed by atoms with van der Waals surface area (Å²) in [5.74, 6) is -1.23. The van der Waals surface area contributed by atoms with Crippen molar-refractivity contribution in [2.75, 3.05) is 20.2 Å². The first-order valence-corrected chi connectivity index (χ1v) is 9.24. The second kappa shape index (κ2) is 7.10. The van der Waals surface area contributed by atoms with Crippen LogP contribution in [-0.2, 0) is 14.3 Å². The van der Waals surface area contributed by atoms with E-state index < -0.39 is 5.92 Å². The van der Waals surface area contributed by atoms with Crippen LogP contribution in [0.15, 0.2) is 36.7 Å². The van der Waals surface area contributed by atoms with Crippen molar-refractivity contribution in [2.24, 2.45) is 5.92 Å². The highest BCUT2D eigenvalue weighted by Crippen LogP contribution is 2.43. The summed E-state index contributed by atoms with van der Waals surface area (Å²) >= 11 is 0. The van der Waals surface area contributed by atoms with Gasteiger partial charge >= 0.3 is 5.97 Å². The van der Waals surface area contributed by atoms with Gasteiger partial charge in [0.05, 0.1) is 31.4 Å². The third-order valence-electron chi connectivity index (χ3n) is 5.61. The van der Waals surface area contributed by atoms with Crippen LogP contribution in [0.1, 0.15) is 34.2 Å². The van der Waals surface area contributed by atoms with Crippen LogP contribution in [0.5, 0.6) is 0 Å². The molecule has 8 heteroatoms. The normalized spacial score (nSPS) is 24.2. The number of H-pyrrole nitrogens is 1. The quantitative estimate of drug-likeness (QED) is 0.808. The predicted octanol–water partition coefficient (Wildman–Crippen LogP) is 1.31. The number of hydrogen-bond donors (Lipinski definition) is 1. The third-order valence-corrected chi connectivity index (χ3v) is 5.61. The highest BCUT2D eigenvalue weighted by Gasteiger charge is 2.51. The Bertz CT molecular complexity index is 910. The number of carbonyl (C=O) groups is 3. The Morgan fingerprint density at radius 3 is 2.64 bits per heavy atom. The summed E-state index contributed by atoms with van der Waals surface area (Å²) in [4.78, 5) is 48.5. The Balaban J connectivity index is 1.64. The zero-order valence-corrected chi connectivity index (χ0v) is 15.8. The maximum absolute atomic E-state index is 13.0. The molecule has 4 rings (SSSR count). The number of imidazole rings is 1. The number of aromatic amines is 1. The molecule has 2 saturated heterocycles. The maximum atomic E-state index is 13.0. The fourth-order valence-corrected chi connectivity index (χ4v) is 4.34. The van der Waals surface area contributed by atoms with Crippen molar-refractivity contribution in [3.63, 3.8) is 0 Å². The van der Waals surface area contributed by atoms with Crippen LogP contribution < -0.4 is 0 Å². The monoisotopic (exact) mass is 382 g/mol. The van der Waals surface area contributed by atoms with E-state index in [9.17, 15) is 14.4 Å². The molecule has 0 bridgehead atoms. The maximum Gasteiger partial charge on any atom is 0.311 e. The minimum absolute atomic E-state index is 0.0289. The number of piperazine rings is 1. The number of methoxy groups -OCH3 is 1. The van der Waals surface area contributed by atoms with Crippen LogP contribution in [0.3, 0.4) is 0 Å². The molecule has 1 aromatic carbocycles. The van der Waals surface area contributed by atoms with Crippen LogP contribution in [0, 0.1) is 12.8 Å². The van der Waals surface area contributed by atoms with Crippen molar-refractivity contribution in [3.05, 3.63) is 53.6 Å². The number of nitrogens with zero attached hydrogens (tertiary/aromatic N) is 3. The largest absolute Gasteiger partial charge is 0.469 e. The van der Waals surface area contributed by atoms with Gasteiger partial charge in [-0.1, -0.05) is 30.3 Å². The molecule has 0 saturated carbocycles. The molecule has 1 N–H and O–H groups in total. The number of esters is 1. The lowest BCUT2D eigenvalue weighted by Crippen LogP contribution is -2.56. The topological polar surface area (TPSA) is 95.6 Å². The van der Waals surface area contributed by atoms with Gasteiger partial charge in [-0.25, -0.2) is 4.98 Å². The smallest absolute Gasteiger partial charge is 0.311 e. The molecule has 2 aromatic rings. The number of aromatic nitrogens is 2. The molecule has 0 unspecified atom stereocenters. The van der Waals surface area contributed by atoms with Crippen molar-refractivity contribution in [3.8, 4) is 0 Å².